The fourth-order valence-corrected chi connectivity index (χ4v) is 4.45. The van der Waals surface area contributed by atoms with Crippen molar-refractivity contribution in [1.29, 1.82) is 0 Å². The molecule has 3 rings (SSSR count). The number of hydrogen-bond acceptors (Lipinski definition) is 3. The van der Waals surface area contributed by atoms with E-state index in [0.29, 0.717) is 5.92 Å². The van der Waals surface area contributed by atoms with Crippen molar-refractivity contribution in [1.82, 2.24) is 0 Å². The molecule has 2 bridgehead atoms. The fraction of sp³-hybridized carbons (Fsp3) is 0.550. The van der Waals surface area contributed by atoms with Gasteiger partial charge in [0, 0.05) is 17.1 Å². The topological polar surface area (TPSA) is 35.5 Å². The number of carbonyl (C=O) groups is 1. The number of esters is 1. The molecule has 2 saturated carbocycles. The van der Waals surface area contributed by atoms with Gasteiger partial charge in [-0.05, 0) is 42.7 Å². The predicted molar refractivity (Wildman–Crippen MR) is 91.1 cm³/mol. The average molecular weight is 314 g/mol. The van der Waals surface area contributed by atoms with Gasteiger partial charge in [-0.2, -0.15) is 0 Å². The van der Waals surface area contributed by atoms with E-state index in [4.69, 9.17) is 9.47 Å². The van der Waals surface area contributed by atoms with E-state index in [1.54, 1.807) is 13.2 Å². The molecule has 3 heteroatoms. The number of rotatable bonds is 4. The molecule has 3 nitrogen and oxygen atoms in total. The van der Waals surface area contributed by atoms with Gasteiger partial charge in [-0.3, -0.25) is 0 Å². The van der Waals surface area contributed by atoms with Gasteiger partial charge in [0.2, 0.25) is 0 Å². The summed E-state index contributed by atoms with van der Waals surface area (Å²) in [6, 6.07) is 7.63. The third kappa shape index (κ3) is 2.56. The molecule has 0 N–H and O–H groups in total. The van der Waals surface area contributed by atoms with Crippen LogP contribution in [0.4, 0.5) is 0 Å². The first-order valence-electron chi connectivity index (χ1n) is 8.40. The molecule has 0 amide bonds. The number of hydrogen-bond donors (Lipinski definition) is 0. The van der Waals surface area contributed by atoms with Crippen LogP contribution in [0, 0.1) is 16.7 Å². The van der Waals surface area contributed by atoms with Gasteiger partial charge in [0.05, 0.1) is 7.11 Å². The molecule has 0 aliphatic heterocycles. The lowest BCUT2D eigenvalue weighted by atomic mass is 9.70. The molecule has 0 unspecified atom stereocenters. The maximum atomic E-state index is 12.3. The number of benzene rings is 1. The first-order chi connectivity index (χ1) is 10.9. The second-order valence-corrected chi connectivity index (χ2v) is 7.61. The van der Waals surface area contributed by atoms with Crippen LogP contribution in [0.25, 0.3) is 6.08 Å². The summed E-state index contributed by atoms with van der Waals surface area (Å²) in [5.74, 6) is 1.17. The zero-order valence-electron chi connectivity index (χ0n) is 14.5. The molecule has 2 aliphatic carbocycles. The summed E-state index contributed by atoms with van der Waals surface area (Å²) >= 11 is 0. The molecule has 1 aromatic rings. The Morgan fingerprint density at radius 1 is 1.26 bits per heavy atom. The summed E-state index contributed by atoms with van der Waals surface area (Å²) < 4.78 is 11.1. The highest BCUT2D eigenvalue weighted by molar-refractivity contribution is 5.87. The van der Waals surface area contributed by atoms with Gasteiger partial charge >= 0.3 is 5.97 Å². The Hall–Kier alpha value is -1.77. The Morgan fingerprint density at radius 3 is 2.61 bits per heavy atom. The minimum atomic E-state index is -0.259. The van der Waals surface area contributed by atoms with Crippen molar-refractivity contribution in [2.75, 3.05) is 7.11 Å². The van der Waals surface area contributed by atoms with Gasteiger partial charge in [0.15, 0.2) is 0 Å². The molecule has 23 heavy (non-hydrogen) atoms. The van der Waals surface area contributed by atoms with Gasteiger partial charge < -0.3 is 9.47 Å². The highest BCUT2D eigenvalue weighted by atomic mass is 16.5. The standard InChI is InChI=1S/C20H26O3/c1-19(2)15-11-12-20(19,3)17(13-15)23-18(21)10-9-14-7-5-6-8-16(14)22-4/h5-10,15,17H,11-13H2,1-4H3/b10-9+/t15-,17-,20+/m0/s1. The largest absolute Gasteiger partial charge is 0.496 e. The van der Waals surface area contributed by atoms with Crippen molar-refractivity contribution in [2.24, 2.45) is 16.7 Å². The first-order valence-corrected chi connectivity index (χ1v) is 8.40. The normalized spacial score (nSPS) is 31.5. The predicted octanol–water partition coefficient (Wildman–Crippen LogP) is 4.47. The number of ether oxygens (including phenoxy) is 2. The second kappa shape index (κ2) is 5.70. The summed E-state index contributed by atoms with van der Waals surface area (Å²) in [7, 11) is 1.63. The molecule has 0 radical (unpaired) electrons. The van der Waals surface area contributed by atoms with Crippen LogP contribution in [-0.4, -0.2) is 19.2 Å². The number of carbonyl (C=O) groups excluding carboxylic acids is 1. The molecule has 0 spiro atoms. The smallest absolute Gasteiger partial charge is 0.331 e. The zero-order chi connectivity index (χ0) is 16.7. The molecule has 0 saturated heterocycles. The molecule has 3 atom stereocenters. The van der Waals surface area contributed by atoms with Crippen molar-refractivity contribution < 1.29 is 14.3 Å². The maximum Gasteiger partial charge on any atom is 0.331 e. The van der Waals surface area contributed by atoms with Crippen LogP contribution in [0.3, 0.4) is 0 Å². The van der Waals surface area contributed by atoms with Crippen molar-refractivity contribution in [2.45, 2.75) is 46.1 Å². The quantitative estimate of drug-likeness (QED) is 0.608. The monoisotopic (exact) mass is 314 g/mol. The number of methoxy groups -OCH3 is 1. The van der Waals surface area contributed by atoms with Crippen LogP contribution >= 0.6 is 0 Å². The van der Waals surface area contributed by atoms with E-state index in [1.807, 2.05) is 24.3 Å². The van der Waals surface area contributed by atoms with Gasteiger partial charge in [0.1, 0.15) is 11.9 Å². The lowest BCUT2D eigenvalue weighted by Gasteiger charge is -2.38. The summed E-state index contributed by atoms with van der Waals surface area (Å²) in [6.07, 6.45) is 6.72. The molecule has 2 aliphatic rings. The maximum absolute atomic E-state index is 12.3. The number of para-hydroxylation sites is 1. The van der Waals surface area contributed by atoms with Crippen molar-refractivity contribution >= 4 is 12.0 Å². The van der Waals surface area contributed by atoms with E-state index >= 15 is 0 Å². The van der Waals surface area contributed by atoms with Crippen molar-refractivity contribution in [3.63, 3.8) is 0 Å². The molecule has 2 fully saturated rings. The van der Waals surface area contributed by atoms with Crippen LogP contribution < -0.4 is 4.74 Å². The minimum absolute atomic E-state index is 0.0334. The summed E-state index contributed by atoms with van der Waals surface area (Å²) in [5, 5.41) is 0. The second-order valence-electron chi connectivity index (χ2n) is 7.61. The average Bonchev–Trinajstić information content (AvgIpc) is 2.86. The Bertz CT molecular complexity index is 632. The van der Waals surface area contributed by atoms with Crippen LogP contribution in [-0.2, 0) is 9.53 Å². The van der Waals surface area contributed by atoms with E-state index in [1.165, 1.54) is 12.5 Å². The summed E-state index contributed by atoms with van der Waals surface area (Å²) in [6.45, 7) is 6.92. The van der Waals surface area contributed by atoms with E-state index in [9.17, 15) is 4.79 Å². The highest BCUT2D eigenvalue weighted by Crippen LogP contribution is 2.66. The van der Waals surface area contributed by atoms with E-state index in [-0.39, 0.29) is 22.9 Å². The SMILES string of the molecule is COc1ccccc1/C=C/C(=O)O[C@H]1C[C@@H]2CC[C@@]1(C)C2(C)C. The van der Waals surface area contributed by atoms with Crippen LogP contribution in [0.2, 0.25) is 0 Å². The summed E-state index contributed by atoms with van der Waals surface area (Å²) in [4.78, 5) is 12.3. The fourth-order valence-electron chi connectivity index (χ4n) is 4.45. The molecule has 124 valence electrons. The van der Waals surface area contributed by atoms with E-state index in [0.717, 1.165) is 24.2 Å². The molecule has 0 aromatic heterocycles. The lowest BCUT2D eigenvalue weighted by Crippen LogP contribution is -2.38. The lowest BCUT2D eigenvalue weighted by molar-refractivity contribution is -0.150. The number of fused-ring (bicyclic) bond motifs is 2. The molecule has 1 aromatic carbocycles. The van der Waals surface area contributed by atoms with Crippen LogP contribution in [0.5, 0.6) is 5.75 Å². The third-order valence-corrected chi connectivity index (χ3v) is 6.51. The Labute approximate surface area is 138 Å². The first kappa shape index (κ1) is 16.1. The third-order valence-electron chi connectivity index (χ3n) is 6.51. The zero-order valence-corrected chi connectivity index (χ0v) is 14.5. The molecular weight excluding hydrogens is 288 g/mol. The van der Waals surface area contributed by atoms with Crippen molar-refractivity contribution in [3.8, 4) is 5.75 Å². The summed E-state index contributed by atoms with van der Waals surface area (Å²) in [5.41, 5.74) is 1.24. The van der Waals surface area contributed by atoms with Crippen molar-refractivity contribution in [3.05, 3.63) is 35.9 Å². The van der Waals surface area contributed by atoms with Crippen LogP contribution in [0.1, 0.15) is 45.6 Å². The molecular formula is C20H26O3. The molecule has 0 heterocycles. The van der Waals surface area contributed by atoms with Gasteiger partial charge in [-0.15, -0.1) is 0 Å². The minimum Gasteiger partial charge on any atom is -0.496 e. The highest BCUT2D eigenvalue weighted by Gasteiger charge is 2.62. The van der Waals surface area contributed by atoms with Gasteiger partial charge in [0.25, 0.3) is 0 Å². The van der Waals surface area contributed by atoms with Crippen LogP contribution in [0.15, 0.2) is 30.3 Å². The Balaban J connectivity index is 1.68. The Kier molecular flexibility index (Phi) is 3.99. The van der Waals surface area contributed by atoms with E-state index in [2.05, 4.69) is 20.8 Å². The Morgan fingerprint density at radius 2 is 2.00 bits per heavy atom. The van der Waals surface area contributed by atoms with Gasteiger partial charge in [-0.1, -0.05) is 39.0 Å². The van der Waals surface area contributed by atoms with Gasteiger partial charge in [-0.25, -0.2) is 4.79 Å². The van der Waals surface area contributed by atoms with E-state index < -0.39 is 0 Å².